The topological polar surface area (TPSA) is 49.8 Å². The maximum Gasteiger partial charge on any atom is 0.232 e. The Balaban J connectivity index is 2.83. The lowest BCUT2D eigenvalue weighted by Gasteiger charge is -2.31. The molecule has 0 saturated heterocycles. The van der Waals surface area contributed by atoms with Gasteiger partial charge in [-0.25, -0.2) is 0 Å². The molecule has 1 atom stereocenters. The lowest BCUT2D eigenvalue weighted by atomic mass is 9.83. The lowest BCUT2D eigenvalue weighted by molar-refractivity contribution is -0.136. The number of rotatable bonds is 6. The average molecular weight is 300 g/mol. The summed E-state index contributed by atoms with van der Waals surface area (Å²) in [5, 5.41) is 10.3. The van der Waals surface area contributed by atoms with Crippen LogP contribution in [0.5, 0.6) is 0 Å². The summed E-state index contributed by atoms with van der Waals surface area (Å²) in [5.74, 6) is -0.0741. The summed E-state index contributed by atoms with van der Waals surface area (Å²) in [5.41, 5.74) is 0.148. The molecule has 0 heterocycles. The normalized spacial score (nSPS) is 13.1. The van der Waals surface area contributed by atoms with Crippen molar-refractivity contribution in [1.82, 2.24) is 4.90 Å². The number of amides is 1. The largest absolute Gasteiger partial charge is 0.389 e. The van der Waals surface area contributed by atoms with Gasteiger partial charge in [-0.05, 0) is 31.5 Å². The first-order valence-electron chi connectivity index (χ1n) is 6.47. The van der Waals surface area contributed by atoms with Crippen molar-refractivity contribution in [3.8, 4) is 0 Å². The fraction of sp³-hybridized carbons (Fsp3) is 0.533. The molecule has 0 aliphatic carbocycles. The van der Waals surface area contributed by atoms with E-state index in [0.717, 1.165) is 5.56 Å². The zero-order chi connectivity index (χ0) is 15.3. The number of hydrogen-bond acceptors (Lipinski definition) is 3. The standard InChI is InChI=1S/C15H22ClNO3/c1-15(2,11-6-5-7-12(16)8-11)14(19)17(3)9-13(18)10-20-4/h5-8,13,18H,9-10H2,1-4H3. The minimum Gasteiger partial charge on any atom is -0.389 e. The van der Waals surface area contributed by atoms with Crippen molar-refractivity contribution in [2.45, 2.75) is 25.4 Å². The van der Waals surface area contributed by atoms with E-state index in [2.05, 4.69) is 0 Å². The molecule has 112 valence electrons. The van der Waals surface area contributed by atoms with Crippen molar-refractivity contribution < 1.29 is 14.6 Å². The number of aliphatic hydroxyl groups excluding tert-OH is 1. The molecule has 0 aliphatic heterocycles. The van der Waals surface area contributed by atoms with Gasteiger partial charge < -0.3 is 14.7 Å². The van der Waals surface area contributed by atoms with Crippen LogP contribution in [0.2, 0.25) is 5.02 Å². The molecule has 0 aliphatic rings. The second-order valence-electron chi connectivity index (χ2n) is 5.43. The van der Waals surface area contributed by atoms with E-state index >= 15 is 0 Å². The van der Waals surface area contributed by atoms with Gasteiger partial charge in [-0.1, -0.05) is 23.7 Å². The summed E-state index contributed by atoms with van der Waals surface area (Å²) in [6, 6.07) is 7.27. The molecule has 0 radical (unpaired) electrons. The molecule has 0 bridgehead atoms. The number of ether oxygens (including phenoxy) is 1. The van der Waals surface area contributed by atoms with Gasteiger partial charge in [-0.2, -0.15) is 0 Å². The van der Waals surface area contributed by atoms with Crippen molar-refractivity contribution >= 4 is 17.5 Å². The smallest absolute Gasteiger partial charge is 0.232 e. The highest BCUT2D eigenvalue weighted by atomic mass is 35.5. The Morgan fingerprint density at radius 3 is 2.70 bits per heavy atom. The molecule has 1 unspecified atom stereocenters. The molecule has 20 heavy (non-hydrogen) atoms. The monoisotopic (exact) mass is 299 g/mol. The molecule has 0 aromatic heterocycles. The van der Waals surface area contributed by atoms with Crippen LogP contribution in [0.1, 0.15) is 19.4 Å². The van der Waals surface area contributed by atoms with Crippen LogP contribution in [0.4, 0.5) is 0 Å². The maximum absolute atomic E-state index is 12.5. The molecule has 4 nitrogen and oxygen atoms in total. The Morgan fingerprint density at radius 2 is 2.15 bits per heavy atom. The highest BCUT2D eigenvalue weighted by Gasteiger charge is 2.33. The third kappa shape index (κ3) is 4.20. The van der Waals surface area contributed by atoms with Gasteiger partial charge in [-0.15, -0.1) is 0 Å². The molecule has 1 amide bonds. The molecule has 0 fully saturated rings. The highest BCUT2D eigenvalue weighted by molar-refractivity contribution is 6.30. The van der Waals surface area contributed by atoms with Gasteiger partial charge in [0.2, 0.25) is 5.91 Å². The van der Waals surface area contributed by atoms with Crippen LogP contribution >= 0.6 is 11.6 Å². The third-order valence-electron chi connectivity index (χ3n) is 3.27. The van der Waals surface area contributed by atoms with Crippen molar-refractivity contribution in [3.05, 3.63) is 34.9 Å². The van der Waals surface area contributed by atoms with Crippen LogP contribution in [-0.2, 0) is 14.9 Å². The van der Waals surface area contributed by atoms with Gasteiger partial charge in [0.15, 0.2) is 0 Å². The van der Waals surface area contributed by atoms with Gasteiger partial charge in [0.25, 0.3) is 0 Å². The quantitative estimate of drug-likeness (QED) is 0.875. The van der Waals surface area contributed by atoms with Crippen molar-refractivity contribution in [3.63, 3.8) is 0 Å². The summed E-state index contributed by atoms with van der Waals surface area (Å²) in [6.07, 6.45) is -0.691. The van der Waals surface area contributed by atoms with Crippen molar-refractivity contribution in [2.75, 3.05) is 27.3 Å². The SMILES string of the molecule is COCC(O)CN(C)C(=O)C(C)(C)c1cccc(Cl)c1. The number of halogens is 1. The maximum atomic E-state index is 12.5. The number of carbonyl (C=O) groups is 1. The van der Waals surface area contributed by atoms with Gasteiger partial charge in [0.05, 0.1) is 18.1 Å². The van der Waals surface area contributed by atoms with E-state index in [1.54, 1.807) is 19.2 Å². The first kappa shape index (κ1) is 17.0. The van der Waals surface area contributed by atoms with Crippen LogP contribution in [0.3, 0.4) is 0 Å². The van der Waals surface area contributed by atoms with Crippen LogP contribution < -0.4 is 0 Å². The molecule has 1 aromatic carbocycles. The summed E-state index contributed by atoms with van der Waals surface area (Å²) < 4.78 is 4.86. The molecule has 1 aromatic rings. The Bertz CT molecular complexity index is 462. The lowest BCUT2D eigenvalue weighted by Crippen LogP contribution is -2.45. The number of aliphatic hydroxyl groups is 1. The summed E-state index contributed by atoms with van der Waals surface area (Å²) in [4.78, 5) is 14.1. The molecular weight excluding hydrogens is 278 g/mol. The van der Waals surface area contributed by atoms with E-state index < -0.39 is 11.5 Å². The van der Waals surface area contributed by atoms with Crippen LogP contribution in [0.25, 0.3) is 0 Å². The fourth-order valence-corrected chi connectivity index (χ4v) is 2.31. The first-order valence-corrected chi connectivity index (χ1v) is 6.85. The molecule has 5 heteroatoms. The van der Waals surface area contributed by atoms with Crippen molar-refractivity contribution in [1.29, 1.82) is 0 Å². The first-order chi connectivity index (χ1) is 9.28. The van der Waals surface area contributed by atoms with E-state index in [1.165, 1.54) is 12.0 Å². The predicted molar refractivity (Wildman–Crippen MR) is 80.0 cm³/mol. The minimum atomic E-state index is -0.702. The summed E-state index contributed by atoms with van der Waals surface area (Å²) in [7, 11) is 3.19. The van der Waals surface area contributed by atoms with Gasteiger partial charge in [-0.3, -0.25) is 4.79 Å². The van der Waals surface area contributed by atoms with Gasteiger partial charge >= 0.3 is 0 Å². The Labute approximate surface area is 125 Å². The fourth-order valence-electron chi connectivity index (χ4n) is 2.12. The molecule has 1 N–H and O–H groups in total. The number of nitrogens with zero attached hydrogens (tertiary/aromatic N) is 1. The zero-order valence-corrected chi connectivity index (χ0v) is 13.1. The average Bonchev–Trinajstić information content (AvgIpc) is 2.37. The predicted octanol–water partition coefficient (Wildman–Crippen LogP) is 2.08. The molecular formula is C15H22ClNO3. The van der Waals surface area contributed by atoms with Crippen LogP contribution in [0.15, 0.2) is 24.3 Å². The summed E-state index contributed by atoms with van der Waals surface area (Å²) in [6.45, 7) is 4.13. The van der Waals surface area contributed by atoms with E-state index in [4.69, 9.17) is 16.3 Å². The van der Waals surface area contributed by atoms with Gasteiger partial charge in [0.1, 0.15) is 0 Å². The summed E-state index contributed by atoms with van der Waals surface area (Å²) >= 11 is 5.98. The van der Waals surface area contributed by atoms with E-state index in [0.29, 0.717) is 5.02 Å². The number of hydrogen-bond donors (Lipinski definition) is 1. The molecule has 1 rings (SSSR count). The van der Waals surface area contributed by atoms with E-state index in [1.807, 2.05) is 26.0 Å². The Morgan fingerprint density at radius 1 is 1.50 bits per heavy atom. The number of methoxy groups -OCH3 is 1. The van der Waals surface area contributed by atoms with Crippen LogP contribution in [-0.4, -0.2) is 49.3 Å². The second kappa shape index (κ2) is 7.07. The number of likely N-dealkylation sites (N-methyl/N-ethyl adjacent to an activating group) is 1. The van der Waals surface area contributed by atoms with E-state index in [9.17, 15) is 9.90 Å². The van der Waals surface area contributed by atoms with Gasteiger partial charge in [0, 0.05) is 25.7 Å². The van der Waals surface area contributed by atoms with Crippen molar-refractivity contribution in [2.24, 2.45) is 0 Å². The highest BCUT2D eigenvalue weighted by Crippen LogP contribution is 2.27. The van der Waals surface area contributed by atoms with E-state index in [-0.39, 0.29) is 19.1 Å². The Hall–Kier alpha value is -1.10. The zero-order valence-electron chi connectivity index (χ0n) is 12.4. The second-order valence-corrected chi connectivity index (χ2v) is 5.87. The molecule has 0 saturated carbocycles. The number of carbonyl (C=O) groups excluding carboxylic acids is 1. The number of benzene rings is 1. The Kier molecular flexibility index (Phi) is 5.99. The molecule has 0 spiro atoms. The third-order valence-corrected chi connectivity index (χ3v) is 3.51. The van der Waals surface area contributed by atoms with Crippen LogP contribution in [0, 0.1) is 0 Å². The minimum absolute atomic E-state index is 0.0741.